The van der Waals surface area contributed by atoms with Crippen molar-refractivity contribution in [1.29, 1.82) is 0 Å². The number of hydrogen-bond acceptors (Lipinski definition) is 4. The van der Waals surface area contributed by atoms with Gasteiger partial charge in [0.25, 0.3) is 0 Å². The molecule has 2 rings (SSSR count). The van der Waals surface area contributed by atoms with E-state index in [2.05, 4.69) is 32.9 Å². The molecule has 0 heterocycles. The van der Waals surface area contributed by atoms with Crippen molar-refractivity contribution in [3.63, 3.8) is 0 Å². The van der Waals surface area contributed by atoms with Gasteiger partial charge < -0.3 is 14.2 Å². The summed E-state index contributed by atoms with van der Waals surface area (Å²) in [5.74, 6) is 1.82. The van der Waals surface area contributed by atoms with Crippen LogP contribution in [0.2, 0.25) is 0 Å². The summed E-state index contributed by atoms with van der Waals surface area (Å²) in [5.41, 5.74) is 4.14. The number of rotatable bonds is 6. The van der Waals surface area contributed by atoms with E-state index in [0.29, 0.717) is 17.2 Å². The van der Waals surface area contributed by atoms with Crippen molar-refractivity contribution in [2.75, 3.05) is 21.3 Å². The molecule has 0 saturated heterocycles. The second-order valence-corrected chi connectivity index (χ2v) is 8.80. The fourth-order valence-corrected chi connectivity index (χ4v) is 4.40. The van der Waals surface area contributed by atoms with Gasteiger partial charge >= 0.3 is 18.9 Å². The van der Waals surface area contributed by atoms with Crippen LogP contribution in [0.25, 0.3) is 0 Å². The van der Waals surface area contributed by atoms with Gasteiger partial charge in [0.2, 0.25) is 0 Å². The van der Waals surface area contributed by atoms with Gasteiger partial charge in [0.05, 0.1) is 26.6 Å². The van der Waals surface area contributed by atoms with Gasteiger partial charge in [-0.25, -0.2) is 0 Å². The van der Waals surface area contributed by atoms with Crippen LogP contribution in [0.15, 0.2) is 24.3 Å². The number of aryl methyl sites for hydroxylation is 2. The van der Waals surface area contributed by atoms with Gasteiger partial charge in [-0.2, -0.15) is 0 Å². The summed E-state index contributed by atoms with van der Waals surface area (Å²) in [6.45, 7) is 10.5. The van der Waals surface area contributed by atoms with E-state index in [1.165, 1.54) is 5.56 Å². The Labute approximate surface area is 182 Å². The number of hydrogen-bond donors (Lipinski definition) is 0. The third-order valence-electron chi connectivity index (χ3n) is 4.58. The molecule has 2 aromatic rings. The molecule has 0 aromatic heterocycles. The molecule has 0 aliphatic rings. The molecule has 0 N–H and O–H groups in total. The second kappa shape index (κ2) is 9.84. The average Bonchev–Trinajstić information content (AvgIpc) is 2.60. The molecule has 28 heavy (non-hydrogen) atoms. The first kappa shape index (κ1) is 24.6. The SMILES string of the molecule is COc1cc(OC)c(PC(=O)c2c(C)cc(C(C)(C)C)cc2C)c(OC)c1.[Li+]. The quantitative estimate of drug-likeness (QED) is 0.553. The third-order valence-corrected chi connectivity index (χ3v) is 5.80. The number of benzene rings is 2. The summed E-state index contributed by atoms with van der Waals surface area (Å²) in [4.78, 5) is 13.2. The zero-order chi connectivity index (χ0) is 20.4. The van der Waals surface area contributed by atoms with Crippen LogP contribution >= 0.6 is 8.58 Å². The Balaban J connectivity index is 0.00000392. The summed E-state index contributed by atoms with van der Waals surface area (Å²) in [5, 5.41) is 0.754. The zero-order valence-corrected chi connectivity index (χ0v) is 19.4. The van der Waals surface area contributed by atoms with Gasteiger partial charge in [-0.15, -0.1) is 0 Å². The van der Waals surface area contributed by atoms with Crippen LogP contribution < -0.4 is 38.4 Å². The van der Waals surface area contributed by atoms with Crippen LogP contribution in [-0.4, -0.2) is 26.9 Å². The van der Waals surface area contributed by atoms with Crippen molar-refractivity contribution >= 4 is 19.4 Å². The van der Waals surface area contributed by atoms with Crippen LogP contribution in [0.5, 0.6) is 17.2 Å². The molecule has 4 nitrogen and oxygen atoms in total. The first-order valence-electron chi connectivity index (χ1n) is 8.85. The largest absolute Gasteiger partial charge is 1.00 e. The topological polar surface area (TPSA) is 44.8 Å². The van der Waals surface area contributed by atoms with Gasteiger partial charge in [-0.05, 0) is 44.5 Å². The molecular formula is C22H29LiO4P+. The van der Waals surface area contributed by atoms with E-state index in [4.69, 9.17) is 14.2 Å². The molecule has 1 atom stereocenters. The number of carbonyl (C=O) groups excluding carboxylic acids is 1. The minimum absolute atomic E-state index is 0. The van der Waals surface area contributed by atoms with Crippen LogP contribution in [0.1, 0.15) is 47.8 Å². The Morgan fingerprint density at radius 1 is 0.857 bits per heavy atom. The molecule has 0 fully saturated rings. The van der Waals surface area contributed by atoms with Crippen molar-refractivity contribution in [3.8, 4) is 17.2 Å². The van der Waals surface area contributed by atoms with Crippen molar-refractivity contribution in [2.24, 2.45) is 0 Å². The average molecular weight is 395 g/mol. The van der Waals surface area contributed by atoms with E-state index in [1.54, 1.807) is 33.5 Å². The van der Waals surface area contributed by atoms with E-state index in [9.17, 15) is 4.79 Å². The normalized spacial score (nSPS) is 11.3. The molecular weight excluding hydrogens is 366 g/mol. The Kier molecular flexibility index (Phi) is 8.63. The first-order chi connectivity index (χ1) is 12.6. The molecule has 1 unspecified atom stereocenters. The van der Waals surface area contributed by atoms with E-state index in [0.717, 1.165) is 22.0 Å². The summed E-state index contributed by atoms with van der Waals surface area (Å²) in [6, 6.07) is 7.79. The third kappa shape index (κ3) is 5.32. The monoisotopic (exact) mass is 395 g/mol. The zero-order valence-electron chi connectivity index (χ0n) is 18.4. The molecule has 0 spiro atoms. The van der Waals surface area contributed by atoms with Crippen LogP contribution in [0.4, 0.5) is 0 Å². The Morgan fingerprint density at radius 2 is 1.32 bits per heavy atom. The summed E-state index contributed by atoms with van der Waals surface area (Å²) >= 11 is 0. The Bertz CT molecular complexity index is 808. The maximum atomic E-state index is 13.2. The first-order valence-corrected chi connectivity index (χ1v) is 9.85. The van der Waals surface area contributed by atoms with Crippen molar-refractivity contribution in [2.45, 2.75) is 40.0 Å². The fraction of sp³-hybridized carbons (Fsp3) is 0.409. The molecule has 0 amide bonds. The summed E-state index contributed by atoms with van der Waals surface area (Å²) in [7, 11) is 4.65. The molecule has 146 valence electrons. The van der Waals surface area contributed by atoms with Crippen LogP contribution in [0, 0.1) is 13.8 Å². The molecule has 0 saturated carbocycles. The predicted molar refractivity (Wildman–Crippen MR) is 113 cm³/mol. The minimum atomic E-state index is -0.103. The minimum Gasteiger partial charge on any atom is -0.496 e. The van der Waals surface area contributed by atoms with E-state index < -0.39 is 0 Å². The van der Waals surface area contributed by atoms with Gasteiger partial charge in [0.15, 0.2) is 5.52 Å². The maximum Gasteiger partial charge on any atom is 1.00 e. The van der Waals surface area contributed by atoms with Gasteiger partial charge in [-0.1, -0.05) is 32.9 Å². The van der Waals surface area contributed by atoms with Crippen LogP contribution in [0.3, 0.4) is 0 Å². The van der Waals surface area contributed by atoms with E-state index in [-0.39, 0.29) is 38.4 Å². The van der Waals surface area contributed by atoms with E-state index >= 15 is 0 Å². The van der Waals surface area contributed by atoms with E-state index in [1.807, 2.05) is 13.8 Å². The Morgan fingerprint density at radius 3 is 1.68 bits per heavy atom. The Hall–Kier alpha value is -1.46. The molecule has 6 heteroatoms. The maximum absolute atomic E-state index is 13.2. The number of methoxy groups -OCH3 is 3. The van der Waals surface area contributed by atoms with Crippen molar-refractivity contribution < 1.29 is 37.9 Å². The molecule has 0 aliphatic carbocycles. The molecule has 0 aliphatic heterocycles. The standard InChI is InChI=1S/C22H29O4P.Li/c1-13-9-15(22(3,4)5)10-14(2)19(13)21(23)27-20-17(25-7)11-16(24-6)12-18(20)26-8;/h9-12,27H,1-8H3;/q;+1. The van der Waals surface area contributed by atoms with Gasteiger partial charge in [0, 0.05) is 17.7 Å². The van der Waals surface area contributed by atoms with Gasteiger partial charge in [0.1, 0.15) is 17.2 Å². The number of ether oxygens (including phenoxy) is 3. The van der Waals surface area contributed by atoms with Crippen molar-refractivity contribution in [1.82, 2.24) is 0 Å². The smallest absolute Gasteiger partial charge is 0.496 e. The second-order valence-electron chi connectivity index (χ2n) is 7.60. The molecule has 0 radical (unpaired) electrons. The molecule has 2 aromatic carbocycles. The summed E-state index contributed by atoms with van der Waals surface area (Å²) < 4.78 is 16.3. The van der Waals surface area contributed by atoms with Crippen molar-refractivity contribution in [3.05, 3.63) is 46.5 Å². The fourth-order valence-electron chi connectivity index (χ4n) is 3.06. The van der Waals surface area contributed by atoms with Crippen LogP contribution in [-0.2, 0) is 5.41 Å². The number of carbonyl (C=O) groups is 1. The van der Waals surface area contributed by atoms with Gasteiger partial charge in [-0.3, -0.25) is 4.79 Å². The molecule has 0 bridgehead atoms. The summed E-state index contributed by atoms with van der Waals surface area (Å²) in [6.07, 6.45) is 0. The predicted octanol–water partition coefficient (Wildman–Crippen LogP) is 1.77.